The minimum Gasteiger partial charge on any atom is -0.489 e. The highest BCUT2D eigenvalue weighted by atomic mass is 79.9. The molecule has 21 heavy (non-hydrogen) atoms. The predicted octanol–water partition coefficient (Wildman–Crippen LogP) is 5.03. The summed E-state index contributed by atoms with van der Waals surface area (Å²) in [5, 5.41) is 0.893. The molecular weight excluding hydrogens is 402 g/mol. The van der Waals surface area contributed by atoms with E-state index in [9.17, 15) is 0 Å². The van der Waals surface area contributed by atoms with Crippen molar-refractivity contribution in [2.45, 2.75) is 6.42 Å². The number of hydrogen-bond acceptors (Lipinski definition) is 4. The van der Waals surface area contributed by atoms with Crippen molar-refractivity contribution in [3.8, 4) is 22.9 Å². The van der Waals surface area contributed by atoms with Crippen LogP contribution in [0.5, 0.6) is 11.5 Å². The topological polar surface area (TPSA) is 44.2 Å². The molecule has 2 heterocycles. The number of hydrogen-bond donors (Lipinski definition) is 0. The van der Waals surface area contributed by atoms with Crippen molar-refractivity contribution in [3.05, 3.63) is 31.9 Å². The summed E-state index contributed by atoms with van der Waals surface area (Å²) in [7, 11) is 0. The first kappa shape index (κ1) is 15.2. The molecule has 3 rings (SSSR count). The Morgan fingerprint density at radius 2 is 1.67 bits per heavy atom. The summed E-state index contributed by atoms with van der Waals surface area (Å²) in [6.07, 6.45) is 0.798. The molecule has 2 aromatic rings. The molecule has 0 spiro atoms. The normalized spacial score (nSPS) is 13.9. The van der Waals surface area contributed by atoms with Crippen LogP contribution in [0, 0.1) is 0 Å². The third-order valence-electron chi connectivity index (χ3n) is 2.83. The summed E-state index contributed by atoms with van der Waals surface area (Å²) in [4.78, 5) is 8.37. The van der Waals surface area contributed by atoms with E-state index in [1.807, 2.05) is 0 Å². The molecular formula is C13H8BrCl3N2O2. The Balaban J connectivity index is 2.11. The van der Waals surface area contributed by atoms with E-state index in [0.717, 1.165) is 6.42 Å². The van der Waals surface area contributed by atoms with E-state index >= 15 is 0 Å². The van der Waals surface area contributed by atoms with Gasteiger partial charge in [0.05, 0.1) is 22.7 Å². The zero-order chi connectivity index (χ0) is 15.0. The molecule has 110 valence electrons. The number of rotatable bonds is 1. The van der Waals surface area contributed by atoms with Crippen LogP contribution in [0.4, 0.5) is 0 Å². The van der Waals surface area contributed by atoms with Gasteiger partial charge in [-0.2, -0.15) is 0 Å². The van der Waals surface area contributed by atoms with Crippen LogP contribution in [0.3, 0.4) is 0 Å². The van der Waals surface area contributed by atoms with E-state index in [-0.39, 0.29) is 10.3 Å². The average molecular weight is 410 g/mol. The van der Waals surface area contributed by atoms with Crippen LogP contribution >= 0.6 is 50.7 Å². The second kappa shape index (κ2) is 6.16. The van der Waals surface area contributed by atoms with Crippen molar-refractivity contribution in [1.29, 1.82) is 0 Å². The fourth-order valence-corrected chi connectivity index (χ4v) is 2.71. The van der Waals surface area contributed by atoms with Gasteiger partial charge in [-0.25, -0.2) is 9.97 Å². The number of nitrogens with zero attached hydrogens (tertiary/aromatic N) is 2. The quantitative estimate of drug-likeness (QED) is 0.619. The van der Waals surface area contributed by atoms with Crippen LogP contribution in [0.25, 0.3) is 11.4 Å². The van der Waals surface area contributed by atoms with E-state index in [0.29, 0.717) is 45.6 Å². The number of fused-ring (bicyclic) bond motifs is 1. The van der Waals surface area contributed by atoms with Gasteiger partial charge in [0.25, 0.3) is 0 Å². The maximum atomic E-state index is 6.24. The van der Waals surface area contributed by atoms with Crippen LogP contribution in [0.15, 0.2) is 16.6 Å². The van der Waals surface area contributed by atoms with Gasteiger partial charge in [-0.1, -0.05) is 34.8 Å². The second-order valence-electron chi connectivity index (χ2n) is 4.28. The van der Waals surface area contributed by atoms with Crippen LogP contribution in [0.2, 0.25) is 15.3 Å². The fourth-order valence-electron chi connectivity index (χ4n) is 1.88. The molecule has 0 saturated heterocycles. The van der Waals surface area contributed by atoms with Gasteiger partial charge in [-0.3, -0.25) is 0 Å². The van der Waals surface area contributed by atoms with E-state index in [1.165, 1.54) is 0 Å². The zero-order valence-electron chi connectivity index (χ0n) is 10.5. The summed E-state index contributed by atoms with van der Waals surface area (Å²) >= 11 is 21.5. The third kappa shape index (κ3) is 3.06. The van der Waals surface area contributed by atoms with Gasteiger partial charge < -0.3 is 9.47 Å². The molecule has 0 bridgehead atoms. The van der Waals surface area contributed by atoms with Crippen molar-refractivity contribution in [1.82, 2.24) is 9.97 Å². The molecule has 0 saturated carbocycles. The second-order valence-corrected chi connectivity index (χ2v) is 6.19. The summed E-state index contributed by atoms with van der Waals surface area (Å²) in [6, 6.07) is 3.47. The Kier molecular flexibility index (Phi) is 4.45. The molecule has 0 N–H and O–H groups in total. The molecule has 0 fully saturated rings. The number of benzene rings is 1. The first-order valence-electron chi connectivity index (χ1n) is 6.04. The Hall–Kier alpha value is -0.750. The third-order valence-corrected chi connectivity index (χ3v) is 4.87. The van der Waals surface area contributed by atoms with Crippen LogP contribution in [-0.4, -0.2) is 23.2 Å². The molecule has 0 radical (unpaired) electrons. The highest BCUT2D eigenvalue weighted by Gasteiger charge is 2.18. The first-order chi connectivity index (χ1) is 10.1. The maximum Gasteiger partial charge on any atom is 0.179 e. The number of ether oxygens (including phenoxy) is 2. The first-order valence-corrected chi connectivity index (χ1v) is 7.97. The lowest BCUT2D eigenvalue weighted by Gasteiger charge is -2.11. The van der Waals surface area contributed by atoms with Gasteiger partial charge in [0.15, 0.2) is 17.3 Å². The largest absolute Gasteiger partial charge is 0.489 e. The molecule has 0 unspecified atom stereocenters. The van der Waals surface area contributed by atoms with Gasteiger partial charge in [0.2, 0.25) is 0 Å². The SMILES string of the molecule is Clc1cc(-c2nc(Cl)c(Br)c(Cl)n2)cc2c1OCCCO2. The van der Waals surface area contributed by atoms with Crippen molar-refractivity contribution in [2.24, 2.45) is 0 Å². The Labute approximate surface area is 144 Å². The van der Waals surface area contributed by atoms with E-state index in [4.69, 9.17) is 44.3 Å². The lowest BCUT2D eigenvalue weighted by atomic mass is 10.2. The Bertz CT molecular complexity index is 689. The van der Waals surface area contributed by atoms with Crippen molar-refractivity contribution >= 4 is 50.7 Å². The maximum absolute atomic E-state index is 6.24. The monoisotopic (exact) mass is 408 g/mol. The highest BCUT2D eigenvalue weighted by Crippen LogP contribution is 2.41. The lowest BCUT2D eigenvalue weighted by Crippen LogP contribution is -1.97. The van der Waals surface area contributed by atoms with E-state index in [2.05, 4.69) is 25.9 Å². The molecule has 1 aliphatic rings. The molecule has 1 aromatic heterocycles. The Morgan fingerprint density at radius 1 is 1.00 bits per heavy atom. The van der Waals surface area contributed by atoms with Gasteiger partial charge in [0, 0.05) is 12.0 Å². The molecule has 1 aliphatic heterocycles. The molecule has 0 amide bonds. The molecule has 8 heteroatoms. The molecule has 1 aromatic carbocycles. The van der Waals surface area contributed by atoms with Crippen LogP contribution < -0.4 is 9.47 Å². The van der Waals surface area contributed by atoms with Gasteiger partial charge >= 0.3 is 0 Å². The van der Waals surface area contributed by atoms with E-state index < -0.39 is 0 Å². The van der Waals surface area contributed by atoms with Crippen molar-refractivity contribution < 1.29 is 9.47 Å². The van der Waals surface area contributed by atoms with Crippen molar-refractivity contribution in [3.63, 3.8) is 0 Å². The molecule has 0 atom stereocenters. The zero-order valence-corrected chi connectivity index (χ0v) is 14.4. The summed E-state index contributed by atoms with van der Waals surface area (Å²) in [5.41, 5.74) is 0.653. The molecule has 4 nitrogen and oxygen atoms in total. The summed E-state index contributed by atoms with van der Waals surface area (Å²) in [5.74, 6) is 1.46. The summed E-state index contributed by atoms with van der Waals surface area (Å²) in [6.45, 7) is 1.13. The fraction of sp³-hybridized carbons (Fsp3) is 0.231. The highest BCUT2D eigenvalue weighted by molar-refractivity contribution is 9.10. The minimum absolute atomic E-state index is 0.230. The number of halogens is 4. The lowest BCUT2D eigenvalue weighted by molar-refractivity contribution is 0.297. The van der Waals surface area contributed by atoms with Crippen LogP contribution in [0.1, 0.15) is 6.42 Å². The summed E-state index contributed by atoms with van der Waals surface area (Å²) < 4.78 is 11.7. The Morgan fingerprint density at radius 3 is 2.38 bits per heavy atom. The predicted molar refractivity (Wildman–Crippen MR) is 85.8 cm³/mol. The average Bonchev–Trinajstić information content (AvgIpc) is 2.69. The smallest absolute Gasteiger partial charge is 0.179 e. The van der Waals surface area contributed by atoms with E-state index in [1.54, 1.807) is 12.1 Å². The standard InChI is InChI=1S/C13H8BrCl3N2O2/c14-9-11(16)18-13(19-12(9)17)6-4-7(15)10-8(5-6)20-2-1-3-21-10/h4-5H,1-3H2. The van der Waals surface area contributed by atoms with Gasteiger partial charge in [-0.05, 0) is 28.1 Å². The van der Waals surface area contributed by atoms with Crippen LogP contribution in [-0.2, 0) is 0 Å². The number of aromatic nitrogens is 2. The van der Waals surface area contributed by atoms with Crippen molar-refractivity contribution in [2.75, 3.05) is 13.2 Å². The minimum atomic E-state index is 0.230. The van der Waals surface area contributed by atoms with Gasteiger partial charge in [0.1, 0.15) is 10.3 Å². The van der Waals surface area contributed by atoms with Gasteiger partial charge in [-0.15, -0.1) is 0 Å². The molecule has 0 aliphatic carbocycles.